The summed E-state index contributed by atoms with van der Waals surface area (Å²) in [6.07, 6.45) is 8.87. The molecule has 8 nitrogen and oxygen atoms in total. The van der Waals surface area contributed by atoms with Crippen LogP contribution in [0.2, 0.25) is 0 Å². The molecule has 0 fully saturated rings. The van der Waals surface area contributed by atoms with Crippen molar-refractivity contribution in [2.45, 2.75) is 13.1 Å². The second kappa shape index (κ2) is 9.82. The Labute approximate surface area is 226 Å². The molecular formula is C29H21FN8S. The van der Waals surface area contributed by atoms with E-state index in [9.17, 15) is 4.39 Å². The van der Waals surface area contributed by atoms with Crippen LogP contribution in [0.25, 0.3) is 55.2 Å². The van der Waals surface area contributed by atoms with E-state index in [-0.39, 0.29) is 5.13 Å². The van der Waals surface area contributed by atoms with Crippen LogP contribution in [-0.2, 0) is 13.1 Å². The quantitative estimate of drug-likeness (QED) is 0.228. The number of aromatic nitrogens is 7. The topological polar surface area (TPSA) is 108 Å². The highest BCUT2D eigenvalue weighted by molar-refractivity contribution is 7.14. The number of pyridine rings is 3. The van der Waals surface area contributed by atoms with Crippen LogP contribution >= 0.6 is 11.3 Å². The van der Waals surface area contributed by atoms with Gasteiger partial charge in [-0.1, -0.05) is 30.3 Å². The highest BCUT2D eigenvalue weighted by Crippen LogP contribution is 2.34. The number of hydrogen-bond acceptors (Lipinski definition) is 7. The van der Waals surface area contributed by atoms with E-state index in [0.29, 0.717) is 23.6 Å². The summed E-state index contributed by atoms with van der Waals surface area (Å²) in [4.78, 5) is 22.3. The van der Waals surface area contributed by atoms with E-state index in [1.54, 1.807) is 24.7 Å². The average molecular weight is 533 g/mol. The van der Waals surface area contributed by atoms with Gasteiger partial charge in [0.25, 0.3) is 0 Å². The maximum absolute atomic E-state index is 13.7. The third-order valence-corrected chi connectivity index (χ3v) is 7.40. The molecule has 0 spiro atoms. The van der Waals surface area contributed by atoms with E-state index in [2.05, 4.69) is 53.6 Å². The van der Waals surface area contributed by atoms with Gasteiger partial charge in [-0.3, -0.25) is 20.1 Å². The van der Waals surface area contributed by atoms with E-state index in [1.165, 1.54) is 11.6 Å². The van der Waals surface area contributed by atoms with Crippen LogP contribution < -0.4 is 5.32 Å². The molecule has 6 heterocycles. The fraction of sp³-hybridized carbons (Fsp3) is 0.0690. The molecule has 0 aliphatic carbocycles. The first-order valence-electron chi connectivity index (χ1n) is 12.3. The smallest absolute Gasteiger partial charge is 0.176 e. The van der Waals surface area contributed by atoms with E-state index < -0.39 is 0 Å². The van der Waals surface area contributed by atoms with E-state index >= 15 is 0 Å². The maximum Gasteiger partial charge on any atom is 0.176 e. The first-order chi connectivity index (χ1) is 19.2. The highest BCUT2D eigenvalue weighted by Gasteiger charge is 2.17. The summed E-state index contributed by atoms with van der Waals surface area (Å²) in [5.41, 5.74) is 7.71. The van der Waals surface area contributed by atoms with Gasteiger partial charge in [-0.25, -0.2) is 4.98 Å². The van der Waals surface area contributed by atoms with Gasteiger partial charge in [-0.05, 0) is 35.4 Å². The number of hydrogen-bond donors (Lipinski definition) is 3. The Hall–Kier alpha value is -4.80. The van der Waals surface area contributed by atoms with Crippen LogP contribution in [0.1, 0.15) is 11.1 Å². The Morgan fingerprint density at radius 1 is 0.846 bits per heavy atom. The normalized spacial score (nSPS) is 11.5. The molecule has 0 radical (unpaired) electrons. The van der Waals surface area contributed by atoms with Crippen molar-refractivity contribution in [1.82, 2.24) is 40.4 Å². The Bertz CT molecular complexity index is 1920. The molecular weight excluding hydrogens is 511 g/mol. The Morgan fingerprint density at radius 2 is 1.72 bits per heavy atom. The molecule has 6 aromatic heterocycles. The van der Waals surface area contributed by atoms with Gasteiger partial charge in [0.1, 0.15) is 11.2 Å². The minimum absolute atomic E-state index is 0.248. The molecule has 190 valence electrons. The van der Waals surface area contributed by atoms with Crippen molar-refractivity contribution in [2.75, 3.05) is 0 Å². The van der Waals surface area contributed by atoms with Gasteiger partial charge in [0.2, 0.25) is 0 Å². The van der Waals surface area contributed by atoms with Gasteiger partial charge in [-0.2, -0.15) is 9.49 Å². The largest absolute Gasteiger partial charge is 0.335 e. The summed E-state index contributed by atoms with van der Waals surface area (Å²) >= 11 is 1.07. The lowest BCUT2D eigenvalue weighted by molar-refractivity contribution is 0.657. The van der Waals surface area contributed by atoms with Crippen LogP contribution in [0.4, 0.5) is 4.39 Å². The fourth-order valence-electron chi connectivity index (χ4n) is 4.61. The summed E-state index contributed by atoms with van der Waals surface area (Å²) in [6, 6.07) is 17.6. The fourth-order valence-corrected chi connectivity index (χ4v) is 5.35. The zero-order valence-corrected chi connectivity index (χ0v) is 21.3. The van der Waals surface area contributed by atoms with Crippen LogP contribution in [-0.4, -0.2) is 35.1 Å². The van der Waals surface area contributed by atoms with E-state index in [4.69, 9.17) is 4.98 Å². The predicted molar refractivity (Wildman–Crippen MR) is 150 cm³/mol. The maximum atomic E-state index is 13.7. The van der Waals surface area contributed by atoms with Gasteiger partial charge in [0.05, 0.1) is 29.1 Å². The monoisotopic (exact) mass is 532 g/mol. The van der Waals surface area contributed by atoms with E-state index in [1.807, 2.05) is 36.7 Å². The molecule has 0 aliphatic heterocycles. The SMILES string of the molecule is Fc1ccc(-c2cncc3[nH]c(-c4n[nH]c5cnc(-c6cncc(CNCc7ccccc7)c6)cc45)nc23)s1. The minimum atomic E-state index is -0.248. The van der Waals surface area contributed by atoms with Gasteiger partial charge in [0, 0.05) is 53.1 Å². The van der Waals surface area contributed by atoms with Crippen LogP contribution in [0.3, 0.4) is 0 Å². The molecule has 0 amide bonds. The van der Waals surface area contributed by atoms with Crippen molar-refractivity contribution in [3.63, 3.8) is 0 Å². The lowest BCUT2D eigenvalue weighted by atomic mass is 10.1. The summed E-state index contributed by atoms with van der Waals surface area (Å²) in [5, 5.41) is 11.7. The average Bonchev–Trinajstić information content (AvgIpc) is 3.71. The zero-order valence-electron chi connectivity index (χ0n) is 20.5. The standard InChI is InChI=1S/C29H21FN8S/c30-26-7-6-25(39-26)21-14-33-15-24-27(21)36-29(35-24)28-20-9-22(34-16-23(20)37-38-28)19-8-18(12-32-13-19)11-31-10-17-4-2-1-3-5-17/h1-9,12-16,31H,10-11H2,(H,35,36)(H,37,38). The first-order valence-corrected chi connectivity index (χ1v) is 13.2. The summed E-state index contributed by atoms with van der Waals surface area (Å²) < 4.78 is 13.7. The second-order valence-electron chi connectivity index (χ2n) is 9.13. The third-order valence-electron chi connectivity index (χ3n) is 6.50. The molecule has 0 saturated heterocycles. The van der Waals surface area contributed by atoms with Crippen molar-refractivity contribution in [3.8, 4) is 33.2 Å². The number of aromatic amines is 2. The number of nitrogens with zero attached hydrogens (tertiary/aromatic N) is 5. The number of imidazole rings is 1. The van der Waals surface area contributed by atoms with E-state index in [0.717, 1.165) is 61.6 Å². The van der Waals surface area contributed by atoms with Gasteiger partial charge < -0.3 is 10.3 Å². The Kier molecular flexibility index (Phi) is 5.87. The number of nitrogens with one attached hydrogen (secondary N) is 3. The number of thiophene rings is 1. The molecule has 3 N–H and O–H groups in total. The first kappa shape index (κ1) is 23.3. The Balaban J connectivity index is 1.20. The van der Waals surface area contributed by atoms with Crippen LogP contribution in [0.15, 0.2) is 85.6 Å². The summed E-state index contributed by atoms with van der Waals surface area (Å²) in [7, 11) is 0. The number of halogens is 1. The van der Waals surface area contributed by atoms with Crippen LogP contribution in [0, 0.1) is 5.13 Å². The van der Waals surface area contributed by atoms with Crippen molar-refractivity contribution in [1.29, 1.82) is 0 Å². The molecule has 39 heavy (non-hydrogen) atoms. The lowest BCUT2D eigenvalue weighted by Gasteiger charge is -2.07. The summed E-state index contributed by atoms with van der Waals surface area (Å²) in [6.45, 7) is 1.47. The second-order valence-corrected chi connectivity index (χ2v) is 10.2. The number of H-pyrrole nitrogens is 2. The molecule has 0 aliphatic rings. The Morgan fingerprint density at radius 3 is 2.59 bits per heavy atom. The van der Waals surface area contributed by atoms with Crippen LogP contribution in [0.5, 0.6) is 0 Å². The van der Waals surface area contributed by atoms with Crippen molar-refractivity contribution in [3.05, 3.63) is 102 Å². The number of benzene rings is 1. The molecule has 7 aromatic rings. The van der Waals surface area contributed by atoms with Gasteiger partial charge in [-0.15, -0.1) is 11.3 Å². The molecule has 0 saturated carbocycles. The zero-order chi connectivity index (χ0) is 26.2. The van der Waals surface area contributed by atoms with Crippen molar-refractivity contribution >= 4 is 33.3 Å². The molecule has 1 aromatic carbocycles. The van der Waals surface area contributed by atoms with Crippen molar-refractivity contribution < 1.29 is 4.39 Å². The molecule has 0 atom stereocenters. The summed E-state index contributed by atoms with van der Waals surface area (Å²) in [5.74, 6) is 0.594. The van der Waals surface area contributed by atoms with Crippen molar-refractivity contribution in [2.24, 2.45) is 0 Å². The predicted octanol–water partition coefficient (Wildman–Crippen LogP) is 6.12. The number of fused-ring (bicyclic) bond motifs is 2. The molecule has 7 rings (SSSR count). The van der Waals surface area contributed by atoms with Gasteiger partial charge >= 0.3 is 0 Å². The lowest BCUT2D eigenvalue weighted by Crippen LogP contribution is -2.12. The third kappa shape index (κ3) is 4.56. The highest BCUT2D eigenvalue weighted by atomic mass is 32.1. The minimum Gasteiger partial charge on any atom is -0.335 e. The number of rotatable bonds is 7. The van der Waals surface area contributed by atoms with Gasteiger partial charge in [0.15, 0.2) is 11.0 Å². The molecule has 0 bridgehead atoms. The molecule has 10 heteroatoms. The molecule has 0 unspecified atom stereocenters.